The highest BCUT2D eigenvalue weighted by Gasteiger charge is 2.68. The van der Waals surface area contributed by atoms with E-state index in [0.717, 1.165) is 21.9 Å². The molecule has 1 amide bonds. The number of carbonyl (C=O) groups is 1. The summed E-state index contributed by atoms with van der Waals surface area (Å²) in [6, 6.07) is 25.7. The van der Waals surface area contributed by atoms with Crippen LogP contribution >= 0.6 is 0 Å². The third-order valence-corrected chi connectivity index (χ3v) is 7.92. The van der Waals surface area contributed by atoms with Crippen molar-refractivity contribution in [1.29, 1.82) is 0 Å². The van der Waals surface area contributed by atoms with Gasteiger partial charge in [0.25, 0.3) is 11.9 Å². The molecule has 0 aliphatic carbocycles. The normalized spacial score (nSPS) is 22.4. The largest absolute Gasteiger partial charge is 0.493 e. The molecule has 2 heterocycles. The minimum absolute atomic E-state index is 0.312. The van der Waals surface area contributed by atoms with Gasteiger partial charge in [0.05, 0.1) is 13.0 Å². The Balaban J connectivity index is 1.33. The molecule has 3 atom stereocenters. The maximum atomic E-state index is 13.3. The Morgan fingerprint density at radius 2 is 1.79 bits per heavy atom. The summed E-state index contributed by atoms with van der Waals surface area (Å²) in [4.78, 5) is 27.4. The van der Waals surface area contributed by atoms with Crippen LogP contribution in [0, 0.1) is 10.1 Å². The fourth-order valence-corrected chi connectivity index (χ4v) is 6.19. The number of methoxy groups -OCH3 is 1. The van der Waals surface area contributed by atoms with Crippen LogP contribution in [0.5, 0.6) is 11.5 Å². The molecule has 1 saturated heterocycles. The van der Waals surface area contributed by atoms with Crippen LogP contribution in [0.15, 0.2) is 84.9 Å². The van der Waals surface area contributed by atoms with Gasteiger partial charge in [-0.1, -0.05) is 66.7 Å². The first-order valence-corrected chi connectivity index (χ1v) is 12.5. The van der Waals surface area contributed by atoms with Crippen molar-refractivity contribution in [1.82, 2.24) is 4.90 Å². The number of hydrogen-bond acceptors (Lipinski definition) is 6. The van der Waals surface area contributed by atoms with Crippen molar-refractivity contribution in [2.75, 3.05) is 26.0 Å². The summed E-state index contributed by atoms with van der Waals surface area (Å²) in [6.45, 7) is 0.688. The molecule has 2 aliphatic rings. The first-order chi connectivity index (χ1) is 18.4. The van der Waals surface area contributed by atoms with E-state index in [1.807, 2.05) is 47.4 Å². The number of rotatable bonds is 6. The number of nitrogens with one attached hydrogen (secondary N) is 1. The monoisotopic (exact) mass is 509 g/mol. The maximum absolute atomic E-state index is 13.3. The van der Waals surface area contributed by atoms with Gasteiger partial charge >= 0.3 is 0 Å². The van der Waals surface area contributed by atoms with E-state index in [-0.39, 0.29) is 10.8 Å². The quantitative estimate of drug-likeness (QED) is 0.292. The number of anilines is 1. The van der Waals surface area contributed by atoms with Crippen molar-refractivity contribution in [3.63, 3.8) is 0 Å². The molecule has 4 aromatic carbocycles. The molecule has 0 saturated carbocycles. The number of nitro groups is 1. The van der Waals surface area contributed by atoms with Gasteiger partial charge in [0.15, 0.2) is 17.0 Å². The Labute approximate surface area is 219 Å². The Morgan fingerprint density at radius 1 is 1.03 bits per heavy atom. The highest BCUT2D eigenvalue weighted by molar-refractivity contribution is 6.06. The molecule has 0 bridgehead atoms. The Morgan fingerprint density at radius 3 is 2.61 bits per heavy atom. The van der Waals surface area contributed by atoms with Crippen molar-refractivity contribution < 1.29 is 19.2 Å². The van der Waals surface area contributed by atoms with Crippen LogP contribution in [-0.2, 0) is 16.9 Å². The second-order valence-electron chi connectivity index (χ2n) is 9.82. The predicted octanol–water partition coefficient (Wildman–Crippen LogP) is 4.95. The van der Waals surface area contributed by atoms with Crippen molar-refractivity contribution in [2.45, 2.75) is 24.1 Å². The molecule has 4 aromatic rings. The second kappa shape index (κ2) is 9.15. The standard InChI is InChI=1S/C30H27N3O5/c1-32-17-23(28(33(35)36)30(32)24-12-5-6-13-25(24)31-29(30)34)20-14-15-26(27(16-20)37-2)38-18-21-10-7-9-19-8-3-4-11-22(19)21/h3-16,23,28H,17-18H2,1-2H3,(H,31,34)/t23-,28+,30-/m0/s1. The zero-order chi connectivity index (χ0) is 26.4. The molecular formula is C30H27N3O5. The van der Waals surface area contributed by atoms with Crippen molar-refractivity contribution >= 4 is 22.4 Å². The van der Waals surface area contributed by atoms with Crippen molar-refractivity contribution in [3.8, 4) is 11.5 Å². The average Bonchev–Trinajstić information content (AvgIpc) is 3.41. The zero-order valence-corrected chi connectivity index (χ0v) is 21.1. The molecule has 38 heavy (non-hydrogen) atoms. The average molecular weight is 510 g/mol. The van der Waals surface area contributed by atoms with Gasteiger partial charge in [-0.2, -0.15) is 0 Å². The molecule has 192 valence electrons. The van der Waals surface area contributed by atoms with E-state index in [4.69, 9.17) is 9.47 Å². The van der Waals surface area contributed by atoms with Gasteiger partial charge in [0.2, 0.25) is 0 Å². The first-order valence-electron chi connectivity index (χ1n) is 12.5. The number of amides is 1. The van der Waals surface area contributed by atoms with E-state index in [9.17, 15) is 14.9 Å². The molecule has 8 heteroatoms. The second-order valence-corrected chi connectivity index (χ2v) is 9.82. The molecular weight excluding hydrogens is 482 g/mol. The van der Waals surface area contributed by atoms with Gasteiger partial charge in [-0.3, -0.25) is 19.8 Å². The third-order valence-electron chi connectivity index (χ3n) is 7.92. The van der Waals surface area contributed by atoms with Gasteiger partial charge in [-0.05, 0) is 47.1 Å². The summed E-state index contributed by atoms with van der Waals surface area (Å²) in [5, 5.41) is 17.7. The Kier molecular flexibility index (Phi) is 5.76. The zero-order valence-electron chi connectivity index (χ0n) is 21.1. The predicted molar refractivity (Wildman–Crippen MR) is 144 cm³/mol. The highest BCUT2D eigenvalue weighted by atomic mass is 16.6. The summed E-state index contributed by atoms with van der Waals surface area (Å²) in [6.07, 6.45) is 0. The van der Waals surface area contributed by atoms with Crippen LogP contribution in [0.1, 0.15) is 22.6 Å². The summed E-state index contributed by atoms with van der Waals surface area (Å²) < 4.78 is 11.8. The SMILES string of the molecule is COc1cc([C@@H]2CN(C)[C@]3(C(=O)Nc4ccccc43)[C@@H]2[N+](=O)[O-])ccc1OCc1cccc2ccccc12. The number of likely N-dealkylation sites (N-methyl/N-ethyl adjacent to an activating group) is 1. The van der Waals surface area contributed by atoms with Crippen LogP contribution in [0.25, 0.3) is 10.8 Å². The van der Waals surface area contributed by atoms with E-state index in [2.05, 4.69) is 23.5 Å². The molecule has 1 fully saturated rings. The van der Waals surface area contributed by atoms with Gasteiger partial charge in [0, 0.05) is 22.7 Å². The van der Waals surface area contributed by atoms with Crippen LogP contribution in [0.4, 0.5) is 5.69 Å². The summed E-state index contributed by atoms with van der Waals surface area (Å²) in [5.74, 6) is 0.136. The lowest BCUT2D eigenvalue weighted by Crippen LogP contribution is -2.54. The molecule has 1 spiro atoms. The minimum Gasteiger partial charge on any atom is -0.493 e. The number of carbonyl (C=O) groups excluding carboxylic acids is 1. The lowest BCUT2D eigenvalue weighted by molar-refractivity contribution is -0.534. The Hall–Kier alpha value is -4.43. The summed E-state index contributed by atoms with van der Waals surface area (Å²) >= 11 is 0. The summed E-state index contributed by atoms with van der Waals surface area (Å²) in [7, 11) is 3.33. The Bertz CT molecular complexity index is 1570. The van der Waals surface area contributed by atoms with Crippen LogP contribution in [0.2, 0.25) is 0 Å². The van der Waals surface area contributed by atoms with E-state index >= 15 is 0 Å². The lowest BCUT2D eigenvalue weighted by atomic mass is 9.79. The summed E-state index contributed by atoms with van der Waals surface area (Å²) in [5.41, 5.74) is 1.64. The minimum atomic E-state index is -1.39. The van der Waals surface area contributed by atoms with E-state index in [1.165, 1.54) is 0 Å². The molecule has 2 aliphatic heterocycles. The number of likely N-dealkylation sites (tertiary alicyclic amines) is 1. The van der Waals surface area contributed by atoms with Crippen molar-refractivity contribution in [3.05, 3.63) is 112 Å². The fourth-order valence-electron chi connectivity index (χ4n) is 6.19. The maximum Gasteiger partial charge on any atom is 0.256 e. The fraction of sp³-hybridized carbons (Fsp3) is 0.233. The van der Waals surface area contributed by atoms with Gasteiger partial charge in [-0.25, -0.2) is 0 Å². The van der Waals surface area contributed by atoms with Crippen LogP contribution < -0.4 is 14.8 Å². The van der Waals surface area contributed by atoms with Crippen LogP contribution in [0.3, 0.4) is 0 Å². The molecule has 6 rings (SSSR count). The van der Waals surface area contributed by atoms with Crippen molar-refractivity contribution in [2.24, 2.45) is 0 Å². The first kappa shape index (κ1) is 23.9. The number of benzene rings is 4. The number of nitrogens with zero attached hydrogens (tertiary/aromatic N) is 2. The lowest BCUT2D eigenvalue weighted by Gasteiger charge is -2.30. The van der Waals surface area contributed by atoms with Gasteiger partial charge in [0.1, 0.15) is 6.61 Å². The topological polar surface area (TPSA) is 93.9 Å². The molecule has 0 unspecified atom stereocenters. The highest BCUT2D eigenvalue weighted by Crippen LogP contribution is 2.52. The number of fused-ring (bicyclic) bond motifs is 3. The molecule has 8 nitrogen and oxygen atoms in total. The van der Waals surface area contributed by atoms with E-state index in [0.29, 0.717) is 35.9 Å². The smallest absolute Gasteiger partial charge is 0.256 e. The van der Waals surface area contributed by atoms with Gasteiger partial charge < -0.3 is 14.8 Å². The van der Waals surface area contributed by atoms with E-state index < -0.39 is 17.5 Å². The molecule has 0 radical (unpaired) electrons. The number of para-hydroxylation sites is 1. The number of hydrogen-bond donors (Lipinski definition) is 1. The van der Waals surface area contributed by atoms with Gasteiger partial charge in [-0.15, -0.1) is 0 Å². The molecule has 1 N–H and O–H groups in total. The van der Waals surface area contributed by atoms with Crippen LogP contribution in [-0.4, -0.2) is 42.5 Å². The number of ether oxygens (including phenoxy) is 2. The van der Waals surface area contributed by atoms with E-state index in [1.54, 1.807) is 38.4 Å². The molecule has 0 aromatic heterocycles. The third kappa shape index (κ3) is 3.52.